The Labute approximate surface area is 44.9 Å². The molecule has 7 heavy (non-hydrogen) atoms. The van der Waals surface area contributed by atoms with Crippen LogP contribution in [0.3, 0.4) is 0 Å². The lowest BCUT2D eigenvalue weighted by atomic mass is 10.1. The molecule has 0 saturated carbocycles. The van der Waals surface area contributed by atoms with Gasteiger partial charge in [0.05, 0.1) is 0 Å². The van der Waals surface area contributed by atoms with Gasteiger partial charge in [-0.1, -0.05) is 6.92 Å². The molecule has 44 valence electrons. The smallest absolute Gasteiger partial charge is 0.0186 e. The molecule has 0 aromatic carbocycles. The highest BCUT2D eigenvalue weighted by Gasteiger charge is 2.01. The average Bonchev–Trinajstić information content (AvgIpc) is 1.65. The van der Waals surface area contributed by atoms with Gasteiger partial charge in [0, 0.05) is 12.1 Å². The fourth-order valence-electron chi connectivity index (χ4n) is 0.372. The van der Waals surface area contributed by atoms with Crippen molar-refractivity contribution in [1.29, 1.82) is 0 Å². The molecule has 4 N–H and O–H groups in total. The summed E-state index contributed by atoms with van der Waals surface area (Å²) in [4.78, 5) is 0. The van der Waals surface area contributed by atoms with Crippen molar-refractivity contribution in [1.82, 2.24) is 0 Å². The molecule has 0 aliphatic heterocycles. The summed E-state index contributed by atoms with van der Waals surface area (Å²) < 4.78 is 0. The molecule has 0 heterocycles. The molecule has 0 aliphatic rings. The van der Waals surface area contributed by atoms with E-state index in [0.717, 1.165) is 6.42 Å². The van der Waals surface area contributed by atoms with E-state index < -0.39 is 0 Å². The Morgan fingerprint density at radius 1 is 1.43 bits per heavy atom. The Hall–Kier alpha value is -0.0800. The summed E-state index contributed by atoms with van der Waals surface area (Å²) in [6.07, 6.45) is 0.970. The molecule has 0 amide bonds. The minimum atomic E-state index is 0.144. The highest BCUT2D eigenvalue weighted by molar-refractivity contribution is 4.67. The standard InChI is InChI=1S/C5H14N2/c1-3-5(7)4(2)6/h4-5H,3,6-7H2,1-2H3. The molecule has 0 radical (unpaired) electrons. The number of nitrogens with two attached hydrogens (primary N) is 2. The van der Waals surface area contributed by atoms with Crippen LogP contribution in [0.2, 0.25) is 0 Å². The monoisotopic (exact) mass is 102 g/mol. The molecular formula is C5H14N2. The predicted octanol–water partition coefficient (Wildman–Crippen LogP) is 0.0709. The Balaban J connectivity index is 3.14. The molecule has 2 heteroatoms. The van der Waals surface area contributed by atoms with Crippen LogP contribution in [0.15, 0.2) is 0 Å². The lowest BCUT2D eigenvalue weighted by molar-refractivity contribution is 0.545. The first kappa shape index (κ1) is 6.92. The van der Waals surface area contributed by atoms with E-state index in [4.69, 9.17) is 11.5 Å². The van der Waals surface area contributed by atoms with Crippen molar-refractivity contribution in [2.24, 2.45) is 11.5 Å². The van der Waals surface area contributed by atoms with Crippen LogP contribution in [0.4, 0.5) is 0 Å². The lowest BCUT2D eigenvalue weighted by Crippen LogP contribution is -2.38. The molecule has 0 bridgehead atoms. The van der Waals surface area contributed by atoms with Crippen molar-refractivity contribution in [3.8, 4) is 0 Å². The van der Waals surface area contributed by atoms with Gasteiger partial charge in [0.1, 0.15) is 0 Å². The average molecular weight is 102 g/mol. The Bertz CT molecular complexity index is 43.3. The summed E-state index contributed by atoms with van der Waals surface area (Å²) >= 11 is 0. The summed E-state index contributed by atoms with van der Waals surface area (Å²) in [6.45, 7) is 3.96. The first-order chi connectivity index (χ1) is 3.18. The van der Waals surface area contributed by atoms with Crippen LogP contribution in [0, 0.1) is 0 Å². The van der Waals surface area contributed by atoms with Crippen LogP contribution < -0.4 is 11.5 Å². The van der Waals surface area contributed by atoms with Gasteiger partial charge in [0.2, 0.25) is 0 Å². The zero-order chi connectivity index (χ0) is 5.86. The molecule has 0 rings (SSSR count). The highest BCUT2D eigenvalue weighted by Crippen LogP contribution is 1.88. The molecule has 0 saturated heterocycles. The van der Waals surface area contributed by atoms with E-state index in [1.165, 1.54) is 0 Å². The zero-order valence-electron chi connectivity index (χ0n) is 5.02. The molecule has 0 aromatic heterocycles. The van der Waals surface area contributed by atoms with Gasteiger partial charge < -0.3 is 11.5 Å². The molecule has 2 unspecified atom stereocenters. The Morgan fingerprint density at radius 2 is 1.86 bits per heavy atom. The van der Waals surface area contributed by atoms with E-state index in [1.54, 1.807) is 0 Å². The first-order valence-corrected chi connectivity index (χ1v) is 2.69. The summed E-state index contributed by atoms with van der Waals surface area (Å²) in [7, 11) is 0. The fourth-order valence-corrected chi connectivity index (χ4v) is 0.372. The molecular weight excluding hydrogens is 88.1 g/mol. The van der Waals surface area contributed by atoms with Crippen molar-refractivity contribution in [3.63, 3.8) is 0 Å². The van der Waals surface area contributed by atoms with Crippen LogP contribution in [0.25, 0.3) is 0 Å². The largest absolute Gasteiger partial charge is 0.327 e. The predicted molar refractivity (Wildman–Crippen MR) is 31.9 cm³/mol. The van der Waals surface area contributed by atoms with E-state index in [2.05, 4.69) is 0 Å². The van der Waals surface area contributed by atoms with Gasteiger partial charge in [-0.3, -0.25) is 0 Å². The summed E-state index contributed by atoms with van der Waals surface area (Å²) in [5, 5.41) is 0. The van der Waals surface area contributed by atoms with E-state index in [-0.39, 0.29) is 12.1 Å². The maximum Gasteiger partial charge on any atom is 0.0186 e. The molecule has 2 nitrogen and oxygen atoms in total. The molecule has 0 spiro atoms. The van der Waals surface area contributed by atoms with Crippen LogP contribution in [0.5, 0.6) is 0 Å². The van der Waals surface area contributed by atoms with Crippen molar-refractivity contribution >= 4 is 0 Å². The normalized spacial score (nSPS) is 18.9. The molecule has 0 fully saturated rings. The van der Waals surface area contributed by atoms with Crippen molar-refractivity contribution in [2.75, 3.05) is 0 Å². The fraction of sp³-hybridized carbons (Fsp3) is 1.00. The van der Waals surface area contributed by atoms with Crippen molar-refractivity contribution in [3.05, 3.63) is 0 Å². The quantitative estimate of drug-likeness (QED) is 0.518. The van der Waals surface area contributed by atoms with Crippen LogP contribution in [-0.2, 0) is 0 Å². The van der Waals surface area contributed by atoms with Crippen LogP contribution in [-0.4, -0.2) is 12.1 Å². The van der Waals surface area contributed by atoms with Gasteiger partial charge in [-0.15, -0.1) is 0 Å². The van der Waals surface area contributed by atoms with Crippen LogP contribution in [0.1, 0.15) is 20.3 Å². The van der Waals surface area contributed by atoms with Gasteiger partial charge in [-0.25, -0.2) is 0 Å². The van der Waals surface area contributed by atoms with Crippen LogP contribution >= 0.6 is 0 Å². The third-order valence-electron chi connectivity index (χ3n) is 1.15. The second-order valence-electron chi connectivity index (χ2n) is 1.93. The van der Waals surface area contributed by atoms with Crippen molar-refractivity contribution < 1.29 is 0 Å². The highest BCUT2D eigenvalue weighted by atomic mass is 14.8. The zero-order valence-corrected chi connectivity index (χ0v) is 5.02. The SMILES string of the molecule is CCC(N)C(C)N. The van der Waals surface area contributed by atoms with Gasteiger partial charge >= 0.3 is 0 Å². The minimum Gasteiger partial charge on any atom is -0.327 e. The third kappa shape index (κ3) is 2.60. The van der Waals surface area contributed by atoms with Gasteiger partial charge in [-0.2, -0.15) is 0 Å². The topological polar surface area (TPSA) is 52.0 Å². The molecule has 0 aliphatic carbocycles. The Kier molecular flexibility index (Phi) is 2.96. The lowest BCUT2D eigenvalue weighted by Gasteiger charge is -2.11. The second kappa shape index (κ2) is 2.99. The summed E-state index contributed by atoms with van der Waals surface area (Å²) in [5.74, 6) is 0. The van der Waals surface area contributed by atoms with E-state index in [9.17, 15) is 0 Å². The minimum absolute atomic E-state index is 0.144. The first-order valence-electron chi connectivity index (χ1n) is 2.69. The van der Waals surface area contributed by atoms with Gasteiger partial charge in [0.25, 0.3) is 0 Å². The number of hydrogen-bond donors (Lipinski definition) is 2. The maximum atomic E-state index is 5.49. The maximum absolute atomic E-state index is 5.49. The molecule has 2 atom stereocenters. The van der Waals surface area contributed by atoms with Gasteiger partial charge in [0.15, 0.2) is 0 Å². The van der Waals surface area contributed by atoms with E-state index in [1.807, 2.05) is 13.8 Å². The van der Waals surface area contributed by atoms with E-state index >= 15 is 0 Å². The summed E-state index contributed by atoms with van der Waals surface area (Å²) in [6, 6.07) is 0.324. The van der Waals surface area contributed by atoms with Crippen molar-refractivity contribution in [2.45, 2.75) is 32.4 Å². The van der Waals surface area contributed by atoms with E-state index in [0.29, 0.717) is 0 Å². The third-order valence-corrected chi connectivity index (χ3v) is 1.15. The second-order valence-corrected chi connectivity index (χ2v) is 1.93. The van der Waals surface area contributed by atoms with Gasteiger partial charge in [-0.05, 0) is 13.3 Å². The summed E-state index contributed by atoms with van der Waals surface area (Å²) in [5.41, 5.74) is 10.9. The number of hydrogen-bond acceptors (Lipinski definition) is 2. The number of rotatable bonds is 2. The Morgan fingerprint density at radius 3 is 1.86 bits per heavy atom. The molecule has 0 aromatic rings.